The molecule has 0 aliphatic carbocycles. The molecule has 0 bridgehead atoms. The third-order valence-electron chi connectivity index (χ3n) is 7.09. The Morgan fingerprint density at radius 2 is 1.11 bits per heavy atom. The number of aliphatic imine (C=N–C) groups is 1. The van der Waals surface area contributed by atoms with E-state index in [9.17, 15) is 19.2 Å². The van der Waals surface area contributed by atoms with Crippen LogP contribution in [-0.4, -0.2) is 75.1 Å². The maximum absolute atomic E-state index is 12.3. The van der Waals surface area contributed by atoms with E-state index >= 15 is 0 Å². The molecule has 1 heterocycles. The van der Waals surface area contributed by atoms with Gasteiger partial charge in [0.1, 0.15) is 28.4 Å². The molecule has 0 saturated carbocycles. The monoisotopic (exact) mass is 770 g/mol. The lowest BCUT2D eigenvalue weighted by molar-refractivity contribution is -0.116. The summed E-state index contributed by atoms with van der Waals surface area (Å²) >= 11 is 0. The first-order chi connectivity index (χ1) is 25.6. The van der Waals surface area contributed by atoms with Crippen LogP contribution in [0.1, 0.15) is 120 Å². The number of alkyl carbamates (subject to hydrolysis) is 3. The number of aromatic nitrogens is 2. The van der Waals surface area contributed by atoms with Crippen LogP contribution in [0.2, 0.25) is 0 Å². The first-order valence-corrected chi connectivity index (χ1v) is 18.8. The standard InChI is InChI=1S/C39H62N8O8/c1-28(48)42-33-46(25-26-47(33)24-17-27-52-30-20-18-29(19-21-30)31(40)43-34(49)53-37(2,3)4)23-16-14-12-11-13-15-22-41-32(44-35(50)54-38(5,6)7)45-36(51)55-39(8,9)10/h18-21,25-26H,11-17,22-24,27H2,1-10H3,(H2,40,43,49)(H2,41,44,45,50,51). The molecule has 1 aromatic heterocycles. The minimum Gasteiger partial charge on any atom is -0.494 e. The van der Waals surface area contributed by atoms with E-state index in [1.165, 1.54) is 6.92 Å². The van der Waals surface area contributed by atoms with Gasteiger partial charge in [0.15, 0.2) is 0 Å². The third-order valence-corrected chi connectivity index (χ3v) is 7.09. The van der Waals surface area contributed by atoms with Gasteiger partial charge in [0.05, 0.1) is 6.61 Å². The number of hydrogen-bond acceptors (Lipinski definition) is 10. The predicted octanol–water partition coefficient (Wildman–Crippen LogP) is 6.80. The lowest BCUT2D eigenvalue weighted by atomic mass is 10.1. The molecule has 0 aliphatic heterocycles. The van der Waals surface area contributed by atoms with Crippen LogP contribution < -0.4 is 26.3 Å². The van der Waals surface area contributed by atoms with Gasteiger partial charge in [0.2, 0.25) is 17.5 Å². The Hall–Kier alpha value is -5.15. The summed E-state index contributed by atoms with van der Waals surface area (Å²) in [6, 6.07) is 6.87. The number of nitrogens with one attached hydrogen (secondary N) is 4. The molecule has 55 heavy (non-hydrogen) atoms. The highest BCUT2D eigenvalue weighted by Gasteiger charge is 2.21. The number of amidine groups is 1. The van der Waals surface area contributed by atoms with Gasteiger partial charge in [-0.2, -0.15) is 4.99 Å². The maximum Gasteiger partial charge on any atom is 0.414 e. The van der Waals surface area contributed by atoms with Gasteiger partial charge in [-0.1, -0.05) is 25.7 Å². The molecular weight excluding hydrogens is 708 g/mol. The number of guanidine groups is 1. The smallest absolute Gasteiger partial charge is 0.414 e. The molecule has 0 fully saturated rings. The van der Waals surface area contributed by atoms with Gasteiger partial charge in [-0.25, -0.2) is 14.4 Å². The zero-order valence-corrected chi connectivity index (χ0v) is 34.3. The highest BCUT2D eigenvalue weighted by atomic mass is 16.6. The number of unbranched alkanes of at least 4 members (excludes halogenated alkanes) is 5. The SMILES string of the molecule is CC(=O)N=c1n(CCCCCCCCN=C(NC(=O)OC(C)(C)C)NC(=O)OC(C)(C)C)ccn1CCCOc1ccc(C(=N)NC(=O)OC(C)(C)C)cc1. The number of ether oxygens (including phenoxy) is 4. The van der Waals surface area contributed by atoms with Crippen molar-refractivity contribution >= 4 is 36.0 Å². The zero-order valence-electron chi connectivity index (χ0n) is 34.3. The number of aryl methyl sites for hydroxylation is 2. The summed E-state index contributed by atoms with van der Waals surface area (Å²) < 4.78 is 25.6. The van der Waals surface area contributed by atoms with Crippen molar-refractivity contribution in [2.75, 3.05) is 13.2 Å². The molecule has 306 valence electrons. The quantitative estimate of drug-likeness (QED) is 0.0656. The molecule has 0 radical (unpaired) electrons. The molecule has 4 amide bonds. The van der Waals surface area contributed by atoms with Gasteiger partial charge in [0.25, 0.3) is 0 Å². The van der Waals surface area contributed by atoms with Crippen LogP contribution >= 0.6 is 0 Å². The van der Waals surface area contributed by atoms with E-state index < -0.39 is 35.1 Å². The van der Waals surface area contributed by atoms with Gasteiger partial charge in [-0.3, -0.25) is 31.1 Å². The topological polar surface area (TPSA) is 200 Å². The van der Waals surface area contributed by atoms with Crippen molar-refractivity contribution in [1.82, 2.24) is 25.1 Å². The van der Waals surface area contributed by atoms with Crippen molar-refractivity contribution < 1.29 is 38.1 Å². The second-order valence-electron chi connectivity index (χ2n) is 15.9. The molecule has 0 aliphatic rings. The number of carbonyl (C=O) groups excluding carboxylic acids is 4. The van der Waals surface area contributed by atoms with Gasteiger partial charge >= 0.3 is 18.3 Å². The van der Waals surface area contributed by atoms with Gasteiger partial charge in [-0.05, 0) is 106 Å². The molecule has 16 heteroatoms. The normalized spacial score (nSPS) is 12.0. The van der Waals surface area contributed by atoms with E-state index in [0.717, 1.165) is 45.1 Å². The average Bonchev–Trinajstić information content (AvgIpc) is 3.39. The summed E-state index contributed by atoms with van der Waals surface area (Å²) in [7, 11) is 0. The van der Waals surface area contributed by atoms with Crippen molar-refractivity contribution in [1.29, 1.82) is 5.41 Å². The summed E-state index contributed by atoms with van der Waals surface area (Å²) in [5.74, 6) is 0.271. The number of benzene rings is 1. The van der Waals surface area contributed by atoms with Gasteiger partial charge < -0.3 is 28.1 Å². The average molecular weight is 771 g/mol. The third kappa shape index (κ3) is 20.8. The molecular formula is C39H62N8O8. The van der Waals surface area contributed by atoms with Crippen LogP contribution in [0.15, 0.2) is 46.6 Å². The van der Waals surface area contributed by atoms with E-state index in [4.69, 9.17) is 24.4 Å². The molecule has 0 atom stereocenters. The molecule has 16 nitrogen and oxygen atoms in total. The molecule has 4 N–H and O–H groups in total. The Bertz CT molecular complexity index is 1640. The molecule has 2 aromatic rings. The summed E-state index contributed by atoms with van der Waals surface area (Å²) in [4.78, 5) is 57.1. The highest BCUT2D eigenvalue weighted by molar-refractivity contribution is 6.04. The maximum atomic E-state index is 12.3. The molecule has 0 saturated heterocycles. The van der Waals surface area contributed by atoms with Crippen molar-refractivity contribution in [2.24, 2.45) is 9.98 Å². The van der Waals surface area contributed by atoms with Crippen LogP contribution in [0.5, 0.6) is 5.75 Å². The van der Waals surface area contributed by atoms with E-state index in [1.54, 1.807) is 86.6 Å². The fourth-order valence-electron chi connectivity index (χ4n) is 4.90. The van der Waals surface area contributed by atoms with Crippen LogP contribution in [0.4, 0.5) is 14.4 Å². The van der Waals surface area contributed by atoms with Crippen LogP contribution in [-0.2, 0) is 32.1 Å². The fourth-order valence-corrected chi connectivity index (χ4v) is 4.90. The highest BCUT2D eigenvalue weighted by Crippen LogP contribution is 2.14. The summed E-state index contributed by atoms with van der Waals surface area (Å²) in [5, 5.41) is 15.5. The lowest BCUT2D eigenvalue weighted by Crippen LogP contribution is -2.47. The fraction of sp³-hybridized carbons (Fsp3) is 0.615. The van der Waals surface area contributed by atoms with E-state index in [2.05, 4.69) is 25.9 Å². The summed E-state index contributed by atoms with van der Waals surface area (Å²) in [6.45, 7) is 19.3. The van der Waals surface area contributed by atoms with Gasteiger partial charge in [-0.15, -0.1) is 0 Å². The number of carbonyl (C=O) groups is 4. The Kier molecular flexibility index (Phi) is 18.1. The Morgan fingerprint density at radius 1 is 0.655 bits per heavy atom. The Balaban J connectivity index is 1.78. The Labute approximate surface area is 325 Å². The lowest BCUT2D eigenvalue weighted by Gasteiger charge is -2.22. The number of nitrogens with zero attached hydrogens (tertiary/aromatic N) is 4. The number of hydrogen-bond donors (Lipinski definition) is 4. The molecule has 2 rings (SSSR count). The van der Waals surface area contributed by atoms with Gasteiger partial charge in [0, 0.05) is 44.5 Å². The number of rotatable bonds is 15. The van der Waals surface area contributed by atoms with Crippen LogP contribution in [0.3, 0.4) is 0 Å². The van der Waals surface area contributed by atoms with E-state index in [1.807, 2.05) is 21.5 Å². The van der Waals surface area contributed by atoms with Crippen molar-refractivity contribution in [2.45, 2.75) is 144 Å². The molecule has 0 unspecified atom stereocenters. The second-order valence-corrected chi connectivity index (χ2v) is 15.9. The summed E-state index contributed by atoms with van der Waals surface area (Å²) in [5.41, 5.74) is -0.956. The van der Waals surface area contributed by atoms with Crippen LogP contribution in [0.25, 0.3) is 0 Å². The van der Waals surface area contributed by atoms with Crippen molar-refractivity contribution in [3.8, 4) is 5.75 Å². The zero-order chi connectivity index (χ0) is 41.2. The summed E-state index contributed by atoms with van der Waals surface area (Å²) in [6.07, 6.45) is 8.01. The van der Waals surface area contributed by atoms with Crippen LogP contribution in [0, 0.1) is 5.41 Å². The largest absolute Gasteiger partial charge is 0.494 e. The number of imidazole rings is 1. The predicted molar refractivity (Wildman–Crippen MR) is 210 cm³/mol. The van der Waals surface area contributed by atoms with Crippen molar-refractivity contribution in [3.63, 3.8) is 0 Å². The number of amides is 4. The first kappa shape index (κ1) is 46.0. The van der Waals surface area contributed by atoms with E-state index in [-0.39, 0.29) is 17.7 Å². The van der Waals surface area contributed by atoms with Crippen molar-refractivity contribution in [3.05, 3.63) is 47.8 Å². The second kappa shape index (κ2) is 21.7. The first-order valence-electron chi connectivity index (χ1n) is 18.8. The molecule has 1 aromatic carbocycles. The Morgan fingerprint density at radius 3 is 1.60 bits per heavy atom. The van der Waals surface area contributed by atoms with E-state index in [0.29, 0.717) is 43.0 Å². The minimum atomic E-state index is -0.723. The minimum absolute atomic E-state index is 0.0212. The molecule has 0 spiro atoms.